The Kier molecular flexibility index (Phi) is 8.58. The van der Waals surface area contributed by atoms with Crippen molar-refractivity contribution in [2.24, 2.45) is 4.99 Å². The number of hydrogen-bond donors (Lipinski definition) is 3. The van der Waals surface area contributed by atoms with Gasteiger partial charge in [0.2, 0.25) is 11.9 Å². The van der Waals surface area contributed by atoms with Crippen molar-refractivity contribution in [1.29, 1.82) is 0 Å². The number of aliphatic imine (C=N–C) groups is 1. The van der Waals surface area contributed by atoms with Crippen molar-refractivity contribution in [3.8, 4) is 17.2 Å². The first-order valence-electron chi connectivity index (χ1n) is 10.5. The minimum atomic E-state index is 0.311. The van der Waals surface area contributed by atoms with Crippen LogP contribution in [0.4, 0.5) is 11.6 Å². The number of thiocarbonyl (C=S) groups is 1. The lowest BCUT2D eigenvalue weighted by atomic mass is 10.2. The number of aromatic nitrogens is 2. The summed E-state index contributed by atoms with van der Waals surface area (Å²) in [4.78, 5) is 13.5. The highest BCUT2D eigenvalue weighted by atomic mass is 32.1. The van der Waals surface area contributed by atoms with Crippen LogP contribution in [-0.2, 0) is 6.54 Å². The zero-order valence-corrected chi connectivity index (χ0v) is 20.6. The van der Waals surface area contributed by atoms with Crippen LogP contribution in [0.1, 0.15) is 17.0 Å². The van der Waals surface area contributed by atoms with Gasteiger partial charge in [-0.3, -0.25) is 5.32 Å². The van der Waals surface area contributed by atoms with Crippen LogP contribution in [-0.4, -0.2) is 42.4 Å². The summed E-state index contributed by atoms with van der Waals surface area (Å²) in [5.41, 5.74) is 3.29. The fourth-order valence-electron chi connectivity index (χ4n) is 3.15. The molecule has 0 aliphatic heterocycles. The number of guanidine groups is 1. The number of aryl methyl sites for hydroxylation is 2. The molecule has 0 radical (unpaired) electrons. The van der Waals surface area contributed by atoms with Crippen molar-refractivity contribution in [2.45, 2.75) is 20.4 Å². The van der Waals surface area contributed by atoms with Gasteiger partial charge in [-0.2, -0.15) is 0 Å². The number of nitrogens with one attached hydrogen (secondary N) is 3. The lowest BCUT2D eigenvalue weighted by Gasteiger charge is -2.15. The summed E-state index contributed by atoms with van der Waals surface area (Å²) >= 11 is 5.53. The second-order valence-corrected chi connectivity index (χ2v) is 7.66. The summed E-state index contributed by atoms with van der Waals surface area (Å²) < 4.78 is 16.1. The normalized spacial score (nSPS) is 10.9. The second kappa shape index (κ2) is 11.8. The molecule has 1 aromatic heterocycles. The first kappa shape index (κ1) is 24.7. The summed E-state index contributed by atoms with van der Waals surface area (Å²) in [7, 11) is 4.81. The van der Waals surface area contributed by atoms with Crippen molar-refractivity contribution in [3.63, 3.8) is 0 Å². The van der Waals surface area contributed by atoms with E-state index in [1.54, 1.807) is 27.4 Å². The first-order valence-corrected chi connectivity index (χ1v) is 10.9. The smallest absolute Gasteiger partial charge is 0.229 e. The van der Waals surface area contributed by atoms with Crippen LogP contribution in [0, 0.1) is 13.8 Å². The summed E-state index contributed by atoms with van der Waals surface area (Å²) in [5.74, 6) is 2.81. The number of methoxy groups -OCH3 is 3. The number of rotatable bonds is 7. The quantitative estimate of drug-likeness (QED) is 0.262. The van der Waals surface area contributed by atoms with Crippen LogP contribution in [0.3, 0.4) is 0 Å². The van der Waals surface area contributed by atoms with Crippen molar-refractivity contribution in [1.82, 2.24) is 15.3 Å². The summed E-state index contributed by atoms with van der Waals surface area (Å²) in [6.07, 6.45) is 0. The molecular weight excluding hydrogens is 452 g/mol. The molecule has 3 N–H and O–H groups in total. The van der Waals surface area contributed by atoms with Gasteiger partial charge in [0.05, 0.1) is 27.9 Å². The van der Waals surface area contributed by atoms with E-state index in [-0.39, 0.29) is 0 Å². The zero-order chi connectivity index (χ0) is 24.5. The Morgan fingerprint density at radius 1 is 0.882 bits per heavy atom. The minimum Gasteiger partial charge on any atom is -0.497 e. The van der Waals surface area contributed by atoms with Crippen LogP contribution < -0.4 is 30.2 Å². The number of para-hydroxylation sites is 1. The Balaban J connectivity index is 1.83. The van der Waals surface area contributed by atoms with E-state index in [9.17, 15) is 0 Å². The van der Waals surface area contributed by atoms with Gasteiger partial charge in [0, 0.05) is 40.8 Å². The van der Waals surface area contributed by atoms with Crippen LogP contribution >= 0.6 is 12.2 Å². The molecular formula is C24H28N6O3S. The van der Waals surface area contributed by atoms with Gasteiger partial charge in [0.1, 0.15) is 17.2 Å². The van der Waals surface area contributed by atoms with Crippen molar-refractivity contribution in [2.75, 3.05) is 32.0 Å². The van der Waals surface area contributed by atoms with E-state index in [2.05, 4.69) is 30.9 Å². The van der Waals surface area contributed by atoms with Gasteiger partial charge in [-0.05, 0) is 38.2 Å². The molecule has 0 aliphatic rings. The predicted molar refractivity (Wildman–Crippen MR) is 138 cm³/mol. The Labute approximate surface area is 204 Å². The average molecular weight is 481 g/mol. The van der Waals surface area contributed by atoms with Gasteiger partial charge in [-0.15, -0.1) is 0 Å². The lowest BCUT2D eigenvalue weighted by molar-refractivity contribution is 0.395. The van der Waals surface area contributed by atoms with E-state index in [1.807, 2.05) is 56.3 Å². The molecule has 178 valence electrons. The molecule has 10 heteroatoms. The van der Waals surface area contributed by atoms with Gasteiger partial charge in [-0.1, -0.05) is 18.2 Å². The summed E-state index contributed by atoms with van der Waals surface area (Å²) in [6.45, 7) is 4.16. The van der Waals surface area contributed by atoms with Gasteiger partial charge < -0.3 is 24.8 Å². The molecule has 0 amide bonds. The molecule has 1 heterocycles. The number of ether oxygens (including phenoxy) is 3. The molecule has 0 saturated heterocycles. The molecule has 0 bridgehead atoms. The van der Waals surface area contributed by atoms with Crippen molar-refractivity contribution in [3.05, 3.63) is 65.5 Å². The predicted octanol–water partition coefficient (Wildman–Crippen LogP) is 4.07. The van der Waals surface area contributed by atoms with Crippen molar-refractivity contribution >= 4 is 34.9 Å². The molecule has 0 unspecified atom stereocenters. The molecule has 3 aromatic rings. The number of nitrogens with zero attached hydrogens (tertiary/aromatic N) is 3. The third kappa shape index (κ3) is 7.04. The third-order valence-electron chi connectivity index (χ3n) is 4.65. The third-order valence-corrected chi connectivity index (χ3v) is 4.86. The van der Waals surface area contributed by atoms with Crippen LogP contribution in [0.5, 0.6) is 17.2 Å². The van der Waals surface area contributed by atoms with Crippen LogP contribution in [0.25, 0.3) is 0 Å². The number of hydrogen-bond acceptors (Lipinski definition) is 7. The second-order valence-electron chi connectivity index (χ2n) is 7.26. The minimum absolute atomic E-state index is 0.311. The van der Waals surface area contributed by atoms with Crippen LogP contribution in [0.2, 0.25) is 0 Å². The molecule has 0 saturated carbocycles. The highest BCUT2D eigenvalue weighted by Crippen LogP contribution is 2.25. The highest BCUT2D eigenvalue weighted by Gasteiger charge is 2.10. The fraction of sp³-hybridized carbons (Fsp3) is 0.250. The lowest BCUT2D eigenvalue weighted by Crippen LogP contribution is -2.39. The Morgan fingerprint density at radius 3 is 2.15 bits per heavy atom. The topological polar surface area (TPSA) is 102 Å². The van der Waals surface area contributed by atoms with E-state index >= 15 is 0 Å². The Bertz CT molecular complexity index is 1140. The highest BCUT2D eigenvalue weighted by molar-refractivity contribution is 7.80. The molecule has 34 heavy (non-hydrogen) atoms. The molecule has 0 spiro atoms. The first-order chi connectivity index (χ1) is 16.4. The van der Waals surface area contributed by atoms with Crippen LogP contribution in [0.15, 0.2) is 53.5 Å². The molecule has 0 atom stereocenters. The average Bonchev–Trinajstić information content (AvgIpc) is 2.81. The monoisotopic (exact) mass is 480 g/mol. The SMILES string of the molecule is COc1cc(NC(=S)NC(=NCc2ccccc2OC)Nc2nc(C)cc(C)n2)cc(OC)c1. The maximum atomic E-state index is 5.53. The fourth-order valence-corrected chi connectivity index (χ4v) is 3.36. The molecule has 3 rings (SSSR count). The van der Waals surface area contributed by atoms with E-state index in [0.717, 1.165) is 22.7 Å². The molecule has 2 aromatic carbocycles. The number of benzene rings is 2. The largest absolute Gasteiger partial charge is 0.497 e. The molecule has 0 aliphatic carbocycles. The molecule has 0 fully saturated rings. The number of anilines is 2. The standard InChI is InChI=1S/C24H28N6O3S/c1-15-10-16(2)27-23(26-15)29-22(25-14-17-8-6-7-9-21(17)33-5)30-24(34)28-18-11-19(31-3)13-20(12-18)32-4/h6-13H,14H2,1-5H3,(H3,25,26,27,28,29,30,34). The van der Waals surface area contributed by atoms with E-state index in [0.29, 0.717) is 40.8 Å². The van der Waals surface area contributed by atoms with E-state index < -0.39 is 0 Å². The summed E-state index contributed by atoms with van der Waals surface area (Å²) in [6, 6.07) is 15.0. The van der Waals surface area contributed by atoms with Gasteiger partial charge >= 0.3 is 0 Å². The Morgan fingerprint density at radius 2 is 1.53 bits per heavy atom. The van der Waals surface area contributed by atoms with E-state index in [1.165, 1.54) is 0 Å². The summed E-state index contributed by atoms with van der Waals surface area (Å²) in [5, 5.41) is 9.66. The maximum absolute atomic E-state index is 5.53. The van der Waals surface area contributed by atoms with Gasteiger partial charge in [-0.25, -0.2) is 15.0 Å². The maximum Gasteiger partial charge on any atom is 0.229 e. The van der Waals surface area contributed by atoms with E-state index in [4.69, 9.17) is 26.4 Å². The zero-order valence-electron chi connectivity index (χ0n) is 19.8. The van der Waals surface area contributed by atoms with Gasteiger partial charge in [0.25, 0.3) is 0 Å². The van der Waals surface area contributed by atoms with Crippen molar-refractivity contribution < 1.29 is 14.2 Å². The van der Waals surface area contributed by atoms with Gasteiger partial charge in [0.15, 0.2) is 5.11 Å². The Hall–Kier alpha value is -3.92. The molecule has 9 nitrogen and oxygen atoms in total.